The fourth-order valence-electron chi connectivity index (χ4n) is 3.39. The third-order valence-electron chi connectivity index (χ3n) is 4.66. The second-order valence-electron chi connectivity index (χ2n) is 6.19. The second kappa shape index (κ2) is 6.68. The van der Waals surface area contributed by atoms with E-state index in [1.165, 1.54) is 0 Å². The molecule has 0 spiro atoms. The van der Waals surface area contributed by atoms with E-state index in [1.807, 2.05) is 29.2 Å². The molecule has 0 unspecified atom stereocenters. The Morgan fingerprint density at radius 3 is 2.54 bits per heavy atom. The zero-order chi connectivity index (χ0) is 18.1. The van der Waals surface area contributed by atoms with Gasteiger partial charge in [-0.2, -0.15) is 0 Å². The lowest BCUT2D eigenvalue weighted by atomic mass is 9.92. The number of benzene rings is 2. The van der Waals surface area contributed by atoms with Crippen LogP contribution in [-0.4, -0.2) is 49.3 Å². The molecule has 1 saturated heterocycles. The molecule has 0 amide bonds. The van der Waals surface area contributed by atoms with Crippen LogP contribution in [-0.2, 0) is 4.74 Å². The van der Waals surface area contributed by atoms with Crippen molar-refractivity contribution in [2.75, 3.05) is 37.7 Å². The van der Waals surface area contributed by atoms with Crippen molar-refractivity contribution in [1.82, 2.24) is 0 Å². The van der Waals surface area contributed by atoms with Crippen LogP contribution >= 0.6 is 0 Å². The largest absolute Gasteiger partial charge is 0.378 e. The van der Waals surface area contributed by atoms with Gasteiger partial charge in [0.15, 0.2) is 5.78 Å². The van der Waals surface area contributed by atoms with E-state index in [0.29, 0.717) is 48.8 Å². The molecule has 2 aromatic rings. The molecule has 2 aromatic carbocycles. The van der Waals surface area contributed by atoms with Gasteiger partial charge < -0.3 is 9.64 Å². The van der Waals surface area contributed by atoms with E-state index in [0.717, 1.165) is 5.56 Å². The summed E-state index contributed by atoms with van der Waals surface area (Å²) in [4.78, 5) is 29.7. The summed E-state index contributed by atoms with van der Waals surface area (Å²) in [5, 5.41) is 11.7. The van der Waals surface area contributed by atoms with Crippen LogP contribution < -0.4 is 4.90 Å². The predicted octanol–water partition coefficient (Wildman–Crippen LogP) is 2.47. The highest BCUT2D eigenvalue weighted by atomic mass is 16.6. The number of ether oxygens (including phenoxy) is 1. The standard InChI is InChI=1S/C19H17N3O4/c23-18-12-20-19(15-4-2-1-3-14(15)18)13-5-6-16(17(11-13)22(24)25)21-7-9-26-10-8-21/h1-6,11H,7-10,12H2. The molecule has 1 fully saturated rings. The molecule has 0 saturated carbocycles. The Balaban J connectivity index is 1.77. The first-order valence-corrected chi connectivity index (χ1v) is 8.44. The summed E-state index contributed by atoms with van der Waals surface area (Å²) in [7, 11) is 0. The van der Waals surface area contributed by atoms with Crippen LogP contribution in [0.15, 0.2) is 47.5 Å². The third kappa shape index (κ3) is 2.86. The van der Waals surface area contributed by atoms with E-state index >= 15 is 0 Å². The summed E-state index contributed by atoms with van der Waals surface area (Å²) in [5.41, 5.74) is 3.23. The highest BCUT2D eigenvalue weighted by Crippen LogP contribution is 2.31. The van der Waals surface area contributed by atoms with Crippen LogP contribution in [0.2, 0.25) is 0 Å². The first kappa shape index (κ1) is 16.4. The molecular weight excluding hydrogens is 334 g/mol. The monoisotopic (exact) mass is 351 g/mol. The molecular formula is C19H17N3O4. The van der Waals surface area contributed by atoms with E-state index in [2.05, 4.69) is 4.99 Å². The van der Waals surface area contributed by atoms with Crippen molar-refractivity contribution in [2.45, 2.75) is 0 Å². The van der Waals surface area contributed by atoms with Crippen LogP contribution in [0.5, 0.6) is 0 Å². The Hall–Kier alpha value is -3.06. The normalized spacial score (nSPS) is 16.8. The number of hydrogen-bond acceptors (Lipinski definition) is 6. The number of Topliss-reactive ketones (excluding diaryl/α,β-unsaturated/α-hetero) is 1. The molecule has 0 radical (unpaired) electrons. The molecule has 2 aliphatic heterocycles. The van der Waals surface area contributed by atoms with E-state index < -0.39 is 0 Å². The smallest absolute Gasteiger partial charge is 0.293 e. The number of hydrogen-bond donors (Lipinski definition) is 0. The minimum Gasteiger partial charge on any atom is -0.378 e. The third-order valence-corrected chi connectivity index (χ3v) is 4.66. The summed E-state index contributed by atoms with van der Waals surface area (Å²) in [6, 6.07) is 12.4. The molecule has 0 atom stereocenters. The molecule has 0 aliphatic carbocycles. The fourth-order valence-corrected chi connectivity index (χ4v) is 3.39. The number of nitro groups is 1. The van der Waals surface area contributed by atoms with Crippen molar-refractivity contribution in [3.05, 3.63) is 69.3 Å². The molecule has 2 heterocycles. The van der Waals surface area contributed by atoms with Gasteiger partial charge in [0.1, 0.15) is 12.2 Å². The molecule has 7 nitrogen and oxygen atoms in total. The minimum absolute atomic E-state index is 0.0382. The van der Waals surface area contributed by atoms with Crippen LogP contribution in [0.4, 0.5) is 11.4 Å². The lowest BCUT2D eigenvalue weighted by molar-refractivity contribution is -0.384. The molecule has 132 valence electrons. The van der Waals surface area contributed by atoms with E-state index in [9.17, 15) is 14.9 Å². The van der Waals surface area contributed by atoms with Gasteiger partial charge in [-0.15, -0.1) is 0 Å². The van der Waals surface area contributed by atoms with Gasteiger partial charge in [-0.1, -0.05) is 30.3 Å². The van der Waals surface area contributed by atoms with Crippen molar-refractivity contribution >= 4 is 22.9 Å². The molecule has 7 heteroatoms. The van der Waals surface area contributed by atoms with E-state index in [1.54, 1.807) is 18.2 Å². The van der Waals surface area contributed by atoms with Crippen molar-refractivity contribution in [2.24, 2.45) is 4.99 Å². The highest BCUT2D eigenvalue weighted by molar-refractivity contribution is 6.22. The summed E-state index contributed by atoms with van der Waals surface area (Å²) in [6.45, 7) is 2.42. The number of carbonyl (C=O) groups excluding carboxylic acids is 1. The Bertz CT molecular complexity index is 917. The van der Waals surface area contributed by atoms with Gasteiger partial charge in [0.2, 0.25) is 0 Å². The van der Waals surface area contributed by atoms with E-state index in [-0.39, 0.29) is 22.9 Å². The van der Waals surface area contributed by atoms with Crippen molar-refractivity contribution in [3.8, 4) is 0 Å². The average Bonchev–Trinajstić information content (AvgIpc) is 2.69. The first-order chi connectivity index (χ1) is 12.6. The van der Waals surface area contributed by atoms with E-state index in [4.69, 9.17) is 4.74 Å². The SMILES string of the molecule is O=C1CN=C(c2ccc(N3CCOCC3)c([N+](=O)[O-])c2)c2ccccc21. The molecule has 0 N–H and O–H groups in total. The zero-order valence-corrected chi connectivity index (χ0v) is 14.1. The quantitative estimate of drug-likeness (QED) is 0.626. The number of rotatable bonds is 3. The summed E-state index contributed by atoms with van der Waals surface area (Å²) >= 11 is 0. The average molecular weight is 351 g/mol. The molecule has 0 bridgehead atoms. The summed E-state index contributed by atoms with van der Waals surface area (Å²) < 4.78 is 5.33. The van der Waals surface area contributed by atoms with Crippen molar-refractivity contribution in [1.29, 1.82) is 0 Å². The molecule has 26 heavy (non-hydrogen) atoms. The fraction of sp³-hybridized carbons (Fsp3) is 0.263. The Kier molecular flexibility index (Phi) is 4.22. The number of nitrogens with zero attached hydrogens (tertiary/aromatic N) is 3. The van der Waals surface area contributed by atoms with Crippen molar-refractivity contribution < 1.29 is 14.5 Å². The number of carbonyl (C=O) groups is 1. The molecule has 2 aliphatic rings. The maximum Gasteiger partial charge on any atom is 0.293 e. The minimum atomic E-state index is -0.366. The lowest BCUT2D eigenvalue weighted by Crippen LogP contribution is -2.36. The van der Waals surface area contributed by atoms with Gasteiger partial charge >= 0.3 is 0 Å². The number of anilines is 1. The van der Waals surface area contributed by atoms with Crippen LogP contribution in [0.1, 0.15) is 21.5 Å². The summed E-state index contributed by atoms with van der Waals surface area (Å²) in [5.74, 6) is -0.0382. The lowest BCUT2D eigenvalue weighted by Gasteiger charge is -2.28. The van der Waals surface area contributed by atoms with Crippen LogP contribution in [0.25, 0.3) is 0 Å². The predicted molar refractivity (Wildman–Crippen MR) is 97.4 cm³/mol. The van der Waals surface area contributed by atoms with Gasteiger partial charge in [0.25, 0.3) is 5.69 Å². The van der Waals surface area contributed by atoms with Crippen LogP contribution in [0, 0.1) is 10.1 Å². The number of aliphatic imine (C=N–C) groups is 1. The Morgan fingerprint density at radius 1 is 1.08 bits per heavy atom. The molecule has 0 aromatic heterocycles. The first-order valence-electron chi connectivity index (χ1n) is 8.44. The topological polar surface area (TPSA) is 85.0 Å². The summed E-state index contributed by atoms with van der Waals surface area (Å²) in [6.07, 6.45) is 0. The maximum atomic E-state index is 12.1. The second-order valence-corrected chi connectivity index (χ2v) is 6.19. The highest BCUT2D eigenvalue weighted by Gasteiger charge is 2.26. The van der Waals surface area contributed by atoms with Crippen LogP contribution in [0.3, 0.4) is 0 Å². The Morgan fingerprint density at radius 2 is 1.81 bits per heavy atom. The Labute approximate surface area is 150 Å². The number of morpholine rings is 1. The number of ketones is 1. The molecule has 4 rings (SSSR count). The van der Waals surface area contributed by atoms with Gasteiger partial charge in [0.05, 0.1) is 23.8 Å². The van der Waals surface area contributed by atoms with Gasteiger partial charge in [0, 0.05) is 35.8 Å². The zero-order valence-electron chi connectivity index (χ0n) is 14.1. The van der Waals surface area contributed by atoms with Crippen molar-refractivity contribution in [3.63, 3.8) is 0 Å². The van der Waals surface area contributed by atoms with Gasteiger partial charge in [-0.25, -0.2) is 0 Å². The maximum absolute atomic E-state index is 12.1. The number of nitro benzene ring substituents is 1. The number of fused-ring (bicyclic) bond motifs is 1. The van der Waals surface area contributed by atoms with Gasteiger partial charge in [-0.05, 0) is 6.07 Å². The van der Waals surface area contributed by atoms with Gasteiger partial charge in [-0.3, -0.25) is 19.9 Å².